The highest BCUT2D eigenvalue weighted by molar-refractivity contribution is 5.95. The number of carboxylic acid groups (broad SMARTS) is 1. The number of methoxy groups -OCH3 is 3. The molecular formula is C16H21NO6. The van der Waals surface area contributed by atoms with Gasteiger partial charge in [0.25, 0.3) is 0 Å². The summed E-state index contributed by atoms with van der Waals surface area (Å²) < 4.78 is 15.7. The zero-order valence-corrected chi connectivity index (χ0v) is 13.5. The first-order valence-corrected chi connectivity index (χ1v) is 7.29. The van der Waals surface area contributed by atoms with Crippen molar-refractivity contribution in [2.24, 2.45) is 5.41 Å². The average Bonchev–Trinajstić information content (AvgIpc) is 2.49. The first-order valence-electron chi connectivity index (χ1n) is 7.29. The number of hydrogen-bond donors (Lipinski definition) is 2. The van der Waals surface area contributed by atoms with Crippen LogP contribution < -0.4 is 19.5 Å². The van der Waals surface area contributed by atoms with Crippen LogP contribution >= 0.6 is 0 Å². The highest BCUT2D eigenvalue weighted by Crippen LogP contribution is 2.45. The van der Waals surface area contributed by atoms with E-state index < -0.39 is 11.4 Å². The van der Waals surface area contributed by atoms with Crippen molar-refractivity contribution in [1.82, 2.24) is 0 Å². The van der Waals surface area contributed by atoms with Crippen molar-refractivity contribution in [3.63, 3.8) is 0 Å². The molecule has 126 valence electrons. The Morgan fingerprint density at radius 3 is 2.04 bits per heavy atom. The minimum Gasteiger partial charge on any atom is -0.493 e. The van der Waals surface area contributed by atoms with E-state index in [9.17, 15) is 14.7 Å². The topological polar surface area (TPSA) is 94.1 Å². The van der Waals surface area contributed by atoms with Crippen LogP contribution in [0.15, 0.2) is 12.1 Å². The Morgan fingerprint density at radius 2 is 1.70 bits per heavy atom. The summed E-state index contributed by atoms with van der Waals surface area (Å²) in [6.07, 6.45) is 1.86. The summed E-state index contributed by atoms with van der Waals surface area (Å²) in [5, 5.41) is 12.0. The van der Waals surface area contributed by atoms with Crippen LogP contribution in [0.5, 0.6) is 17.2 Å². The van der Waals surface area contributed by atoms with Gasteiger partial charge in [0.05, 0.1) is 26.7 Å². The van der Waals surface area contributed by atoms with E-state index in [0.717, 1.165) is 6.42 Å². The summed E-state index contributed by atoms with van der Waals surface area (Å²) in [6, 6.07) is 3.21. The molecule has 1 amide bonds. The average molecular weight is 323 g/mol. The molecule has 0 spiro atoms. The summed E-state index contributed by atoms with van der Waals surface area (Å²) in [6.45, 7) is 0. The molecule has 7 nitrogen and oxygen atoms in total. The number of carboxylic acids is 1. The minimum atomic E-state index is -0.926. The van der Waals surface area contributed by atoms with Crippen molar-refractivity contribution in [2.75, 3.05) is 26.6 Å². The third kappa shape index (κ3) is 3.33. The number of carbonyl (C=O) groups is 2. The second-order valence-electron chi connectivity index (χ2n) is 5.58. The lowest BCUT2D eigenvalue weighted by Gasteiger charge is -2.36. The molecule has 0 aromatic heterocycles. The third-order valence-corrected chi connectivity index (χ3v) is 4.21. The number of rotatable bonds is 7. The van der Waals surface area contributed by atoms with Gasteiger partial charge in [-0.2, -0.15) is 0 Å². The van der Waals surface area contributed by atoms with Crippen LogP contribution in [0.4, 0.5) is 5.69 Å². The van der Waals surface area contributed by atoms with Gasteiger partial charge < -0.3 is 24.6 Å². The smallest absolute Gasteiger partial charge is 0.310 e. The molecule has 23 heavy (non-hydrogen) atoms. The molecule has 0 heterocycles. The van der Waals surface area contributed by atoms with Crippen LogP contribution in [0.1, 0.15) is 25.7 Å². The molecule has 0 saturated heterocycles. The van der Waals surface area contributed by atoms with Crippen LogP contribution in [-0.4, -0.2) is 38.3 Å². The van der Waals surface area contributed by atoms with Gasteiger partial charge in [0.1, 0.15) is 0 Å². The van der Waals surface area contributed by atoms with Crippen molar-refractivity contribution in [3.05, 3.63) is 12.1 Å². The Hall–Kier alpha value is -2.44. The molecule has 1 saturated carbocycles. The first kappa shape index (κ1) is 16.9. The number of anilines is 1. The van der Waals surface area contributed by atoms with E-state index in [4.69, 9.17) is 14.2 Å². The normalized spacial score (nSPS) is 15.3. The van der Waals surface area contributed by atoms with E-state index in [-0.39, 0.29) is 12.3 Å². The van der Waals surface area contributed by atoms with E-state index in [2.05, 4.69) is 5.32 Å². The Labute approximate surface area is 134 Å². The van der Waals surface area contributed by atoms with Gasteiger partial charge in [-0.1, -0.05) is 6.42 Å². The molecule has 1 aliphatic carbocycles. The van der Waals surface area contributed by atoms with E-state index >= 15 is 0 Å². The molecule has 1 aliphatic rings. The summed E-state index contributed by atoms with van der Waals surface area (Å²) >= 11 is 0. The largest absolute Gasteiger partial charge is 0.493 e. The van der Waals surface area contributed by atoms with Gasteiger partial charge in [-0.3, -0.25) is 9.59 Å². The second kappa shape index (κ2) is 6.76. The second-order valence-corrected chi connectivity index (χ2v) is 5.58. The summed E-state index contributed by atoms with van der Waals surface area (Å²) in [5.41, 5.74) is -0.463. The van der Waals surface area contributed by atoms with E-state index in [0.29, 0.717) is 35.8 Å². The van der Waals surface area contributed by atoms with Crippen molar-refractivity contribution in [1.29, 1.82) is 0 Å². The molecule has 1 aromatic rings. The van der Waals surface area contributed by atoms with Crippen LogP contribution in [0.2, 0.25) is 0 Å². The number of hydrogen-bond acceptors (Lipinski definition) is 5. The van der Waals surface area contributed by atoms with Crippen LogP contribution in [-0.2, 0) is 9.59 Å². The number of ether oxygens (including phenoxy) is 3. The summed E-state index contributed by atoms with van der Waals surface area (Å²) in [5.74, 6) is -0.00310. The van der Waals surface area contributed by atoms with Gasteiger partial charge in [-0.25, -0.2) is 0 Å². The maximum Gasteiger partial charge on any atom is 0.310 e. The fourth-order valence-corrected chi connectivity index (χ4v) is 2.74. The first-order chi connectivity index (χ1) is 11.0. The van der Waals surface area contributed by atoms with Crippen LogP contribution in [0.25, 0.3) is 0 Å². The Bertz CT molecular complexity index is 584. The van der Waals surface area contributed by atoms with Gasteiger partial charge in [0, 0.05) is 24.2 Å². The van der Waals surface area contributed by atoms with E-state index in [1.807, 2.05) is 0 Å². The molecule has 0 radical (unpaired) electrons. The zero-order chi connectivity index (χ0) is 17.0. The fourth-order valence-electron chi connectivity index (χ4n) is 2.74. The predicted octanol–water partition coefficient (Wildman–Crippen LogP) is 2.30. The van der Waals surface area contributed by atoms with Gasteiger partial charge in [-0.05, 0) is 12.8 Å². The van der Waals surface area contributed by atoms with Crippen molar-refractivity contribution < 1.29 is 28.9 Å². The molecule has 0 unspecified atom stereocenters. The molecule has 2 N–H and O–H groups in total. The van der Waals surface area contributed by atoms with Crippen molar-refractivity contribution >= 4 is 17.6 Å². The molecule has 0 atom stereocenters. The number of benzene rings is 1. The van der Waals surface area contributed by atoms with Crippen molar-refractivity contribution in [2.45, 2.75) is 25.7 Å². The minimum absolute atomic E-state index is 0.0427. The summed E-state index contributed by atoms with van der Waals surface area (Å²) in [7, 11) is 4.46. The molecule has 7 heteroatoms. The lowest BCUT2D eigenvalue weighted by Crippen LogP contribution is -2.41. The number of carbonyl (C=O) groups excluding carboxylic acids is 1. The molecular weight excluding hydrogens is 302 g/mol. The Balaban J connectivity index is 2.16. The highest BCUT2D eigenvalue weighted by Gasteiger charge is 2.45. The SMILES string of the molecule is COc1cc(NC(=O)CC2(C(=O)O)CCC2)cc(OC)c1OC. The molecule has 2 rings (SSSR count). The predicted molar refractivity (Wildman–Crippen MR) is 83.3 cm³/mol. The highest BCUT2D eigenvalue weighted by atomic mass is 16.5. The van der Waals surface area contributed by atoms with Crippen LogP contribution in [0, 0.1) is 5.41 Å². The number of aliphatic carboxylic acids is 1. The monoisotopic (exact) mass is 323 g/mol. The van der Waals surface area contributed by atoms with Crippen LogP contribution in [0.3, 0.4) is 0 Å². The molecule has 0 aliphatic heterocycles. The number of amides is 1. The third-order valence-electron chi connectivity index (χ3n) is 4.21. The maximum absolute atomic E-state index is 12.2. The molecule has 1 fully saturated rings. The van der Waals surface area contributed by atoms with Crippen molar-refractivity contribution in [3.8, 4) is 17.2 Å². The molecule has 1 aromatic carbocycles. The van der Waals surface area contributed by atoms with E-state index in [1.54, 1.807) is 12.1 Å². The Kier molecular flexibility index (Phi) is 4.98. The standard InChI is InChI=1S/C16H21NO6/c1-21-11-7-10(8-12(22-2)14(11)23-3)17-13(18)9-16(15(19)20)5-4-6-16/h7-8H,4-6,9H2,1-3H3,(H,17,18)(H,19,20). The van der Waals surface area contributed by atoms with Gasteiger partial charge >= 0.3 is 5.97 Å². The molecule has 0 bridgehead atoms. The van der Waals surface area contributed by atoms with Gasteiger partial charge in [-0.15, -0.1) is 0 Å². The van der Waals surface area contributed by atoms with Gasteiger partial charge in [0.15, 0.2) is 11.5 Å². The lowest BCUT2D eigenvalue weighted by molar-refractivity contribution is -0.157. The van der Waals surface area contributed by atoms with Gasteiger partial charge in [0.2, 0.25) is 11.7 Å². The van der Waals surface area contributed by atoms with E-state index in [1.165, 1.54) is 21.3 Å². The summed E-state index contributed by atoms with van der Waals surface area (Å²) in [4.78, 5) is 23.5. The fraction of sp³-hybridized carbons (Fsp3) is 0.500. The zero-order valence-electron chi connectivity index (χ0n) is 13.5. The maximum atomic E-state index is 12.2. The number of nitrogens with one attached hydrogen (secondary N) is 1. The quantitative estimate of drug-likeness (QED) is 0.799. The lowest BCUT2D eigenvalue weighted by atomic mass is 9.66. The Morgan fingerprint density at radius 1 is 1.13 bits per heavy atom.